The Bertz CT molecular complexity index is 442. The van der Waals surface area contributed by atoms with E-state index >= 15 is 0 Å². The Morgan fingerprint density at radius 1 is 1.21 bits per heavy atom. The van der Waals surface area contributed by atoms with E-state index in [1.54, 1.807) is 13.0 Å². The van der Waals surface area contributed by atoms with Crippen molar-refractivity contribution in [1.29, 1.82) is 0 Å². The van der Waals surface area contributed by atoms with Crippen molar-refractivity contribution in [2.75, 3.05) is 0 Å². The first-order chi connectivity index (χ1) is 5.82. The van der Waals surface area contributed by atoms with Gasteiger partial charge in [0.05, 0.1) is 4.90 Å². The monoisotopic (exact) mass is 240 g/mol. The zero-order valence-corrected chi connectivity index (χ0v) is 12.3. The van der Waals surface area contributed by atoms with Crippen LogP contribution in [0.1, 0.15) is 11.1 Å². The molecule has 0 fully saturated rings. The van der Waals surface area contributed by atoms with Crippen LogP contribution in [0.15, 0.2) is 17.0 Å². The van der Waals surface area contributed by atoms with E-state index in [0.717, 1.165) is 10.9 Å². The van der Waals surface area contributed by atoms with E-state index < -0.39 is 10.1 Å². The van der Waals surface area contributed by atoms with E-state index in [9.17, 15) is 13.0 Å². The summed E-state index contributed by atoms with van der Waals surface area (Å²) >= 11 is 0. The molecule has 0 bridgehead atoms. The van der Waals surface area contributed by atoms with Gasteiger partial charge in [-0.05, 0) is 36.3 Å². The van der Waals surface area contributed by atoms with Crippen LogP contribution in [-0.2, 0) is 10.1 Å². The molecule has 1 atom stereocenters. The zero-order chi connectivity index (χ0) is 10.2. The molecule has 0 N–H and O–H groups in total. The average molecular weight is 240 g/mol. The average Bonchev–Trinajstić information content (AvgIpc) is 1.94. The molecule has 1 rings (SSSR count). The summed E-state index contributed by atoms with van der Waals surface area (Å²) in [7, 11) is -1.94. The molecule has 0 aliphatic rings. The van der Waals surface area contributed by atoms with Crippen molar-refractivity contribution in [3.63, 3.8) is 0 Å². The fourth-order valence-corrected chi connectivity index (χ4v) is 2.21. The van der Waals surface area contributed by atoms with Crippen LogP contribution in [0.5, 0.6) is 0 Å². The van der Waals surface area contributed by atoms with Crippen LogP contribution in [0, 0.1) is 13.8 Å². The maximum absolute atomic E-state index is 10.8. The van der Waals surface area contributed by atoms with E-state index in [-0.39, 0.29) is 34.5 Å². The van der Waals surface area contributed by atoms with Gasteiger partial charge in [-0.3, -0.25) is 0 Å². The Morgan fingerprint density at radius 3 is 2.14 bits per heavy atom. The van der Waals surface area contributed by atoms with E-state index in [1.165, 1.54) is 6.07 Å². The van der Waals surface area contributed by atoms with Crippen LogP contribution in [0.3, 0.4) is 0 Å². The molecule has 0 radical (unpaired) electrons. The summed E-state index contributed by atoms with van der Waals surface area (Å²) in [5, 5.41) is 0.736. The summed E-state index contributed by atoms with van der Waals surface area (Å²) < 4.78 is 32.3. The number of hydrogen-bond donors (Lipinski definition) is 0. The molecule has 0 amide bonds. The third kappa shape index (κ3) is 3.30. The third-order valence-electron chi connectivity index (χ3n) is 1.83. The van der Waals surface area contributed by atoms with Crippen LogP contribution < -0.4 is 34.9 Å². The second kappa shape index (κ2) is 5.06. The predicted molar refractivity (Wildman–Crippen MR) is 53.2 cm³/mol. The Morgan fingerprint density at radius 2 is 1.71 bits per heavy atom. The van der Waals surface area contributed by atoms with Crippen molar-refractivity contribution in [2.45, 2.75) is 18.7 Å². The first-order valence-corrected chi connectivity index (χ1v) is 5.63. The second-order valence-electron chi connectivity index (χ2n) is 2.93. The smallest absolute Gasteiger partial charge is 0.744 e. The van der Waals surface area contributed by atoms with E-state index in [4.69, 9.17) is 0 Å². The molecule has 0 aromatic heterocycles. The zero-order valence-electron chi connectivity index (χ0n) is 8.37. The van der Waals surface area contributed by atoms with E-state index in [1.807, 2.05) is 6.92 Å². The van der Waals surface area contributed by atoms with Crippen molar-refractivity contribution >= 4 is 24.7 Å². The van der Waals surface area contributed by atoms with Gasteiger partial charge >= 0.3 is 29.6 Å². The quantitative estimate of drug-likeness (QED) is 0.315. The number of aryl methyl sites for hydroxylation is 2. The van der Waals surface area contributed by atoms with Gasteiger partial charge in [0.1, 0.15) is 10.1 Å². The van der Waals surface area contributed by atoms with Gasteiger partial charge in [0, 0.05) is 0 Å². The Labute approximate surface area is 109 Å². The molecule has 0 aliphatic heterocycles. The minimum Gasteiger partial charge on any atom is -0.744 e. The summed E-state index contributed by atoms with van der Waals surface area (Å²) in [6.07, 6.45) is 0. The summed E-state index contributed by atoms with van der Waals surface area (Å²) in [6, 6.07) is 3.07. The molecule has 0 heterocycles. The second-order valence-corrected chi connectivity index (χ2v) is 4.90. The van der Waals surface area contributed by atoms with Gasteiger partial charge in [-0.1, -0.05) is 6.07 Å². The van der Waals surface area contributed by atoms with Crippen LogP contribution in [0.2, 0.25) is 0 Å². The van der Waals surface area contributed by atoms with Crippen molar-refractivity contribution in [2.24, 2.45) is 0 Å². The van der Waals surface area contributed by atoms with E-state index in [2.05, 4.69) is 9.24 Å². The fourth-order valence-electron chi connectivity index (χ4n) is 1.12. The van der Waals surface area contributed by atoms with Gasteiger partial charge in [0.25, 0.3) is 0 Å². The molecule has 0 saturated carbocycles. The van der Waals surface area contributed by atoms with Gasteiger partial charge < -0.3 is 4.55 Å². The predicted octanol–water partition coefficient (Wildman–Crippen LogP) is -2.29. The molecule has 14 heavy (non-hydrogen) atoms. The molecular formula is C8H10NaO3PS. The molecule has 1 aromatic carbocycles. The standard InChI is InChI=1S/C8H11O3PS.Na/c1-5-3-6(2)8(4-7(5)12)13(9,10)11;/h3-4H,12H2,1-2H3,(H,9,10,11);/q;+1/p-1. The minimum absolute atomic E-state index is 0. The molecular weight excluding hydrogens is 230 g/mol. The summed E-state index contributed by atoms with van der Waals surface area (Å²) in [5.41, 5.74) is 1.45. The molecule has 0 spiro atoms. The summed E-state index contributed by atoms with van der Waals surface area (Å²) in [4.78, 5) is -0.136. The summed E-state index contributed by atoms with van der Waals surface area (Å²) in [5.74, 6) is 0. The minimum atomic E-state index is -4.34. The van der Waals surface area contributed by atoms with Crippen molar-refractivity contribution in [3.8, 4) is 0 Å². The van der Waals surface area contributed by atoms with Crippen molar-refractivity contribution in [1.82, 2.24) is 0 Å². The van der Waals surface area contributed by atoms with E-state index in [0.29, 0.717) is 5.56 Å². The van der Waals surface area contributed by atoms with Crippen LogP contribution in [0.4, 0.5) is 0 Å². The maximum atomic E-state index is 10.8. The normalized spacial score (nSPS) is 10.9. The first-order valence-electron chi connectivity index (χ1n) is 3.65. The Kier molecular flexibility index (Phi) is 5.26. The number of benzene rings is 1. The molecule has 0 saturated heterocycles. The van der Waals surface area contributed by atoms with Gasteiger partial charge in [-0.25, -0.2) is 8.42 Å². The number of rotatable bonds is 1. The van der Waals surface area contributed by atoms with Gasteiger partial charge in [0.2, 0.25) is 0 Å². The SMILES string of the molecule is Cc1cc(C)c(S(=O)(=O)[O-])cc1P.[Na+]. The van der Waals surface area contributed by atoms with Crippen LogP contribution in [-0.4, -0.2) is 13.0 Å². The topological polar surface area (TPSA) is 57.2 Å². The fraction of sp³-hybridized carbons (Fsp3) is 0.250. The molecule has 0 aliphatic carbocycles. The van der Waals surface area contributed by atoms with Gasteiger partial charge in [-0.2, -0.15) is 0 Å². The third-order valence-corrected chi connectivity index (χ3v) is 3.43. The van der Waals surface area contributed by atoms with Crippen LogP contribution in [0.25, 0.3) is 0 Å². The van der Waals surface area contributed by atoms with Crippen LogP contribution >= 0.6 is 9.24 Å². The molecule has 72 valence electrons. The maximum Gasteiger partial charge on any atom is 1.00 e. The van der Waals surface area contributed by atoms with Crippen molar-refractivity contribution in [3.05, 3.63) is 23.3 Å². The molecule has 6 heteroatoms. The largest absolute Gasteiger partial charge is 1.00 e. The Balaban J connectivity index is 0.00000169. The molecule has 1 aromatic rings. The molecule has 3 nitrogen and oxygen atoms in total. The van der Waals surface area contributed by atoms with Gasteiger partial charge in [-0.15, -0.1) is 9.24 Å². The Hall–Kier alpha value is 0.560. The number of hydrogen-bond acceptors (Lipinski definition) is 3. The summed E-state index contributed by atoms with van der Waals surface area (Å²) in [6.45, 7) is 3.47. The molecule has 1 unspecified atom stereocenters. The first kappa shape index (κ1) is 14.6. The van der Waals surface area contributed by atoms with Crippen molar-refractivity contribution < 1.29 is 42.5 Å². The van der Waals surface area contributed by atoms with Gasteiger partial charge in [0.15, 0.2) is 0 Å².